The summed E-state index contributed by atoms with van der Waals surface area (Å²) in [6.07, 6.45) is 87.4. The topological polar surface area (TPSA) is 78.9 Å². The second-order valence-corrected chi connectivity index (χ2v) is 21.7. The smallest absolute Gasteiger partial charge is 0.310 e. The summed E-state index contributed by atoms with van der Waals surface area (Å²) in [5, 5.41) is 0. The van der Waals surface area contributed by atoms with E-state index in [1.807, 2.05) is 6.08 Å². The Kier molecular flexibility index (Phi) is 61.8. The van der Waals surface area contributed by atoms with Crippen molar-refractivity contribution in [2.75, 3.05) is 13.2 Å². The lowest BCUT2D eigenvalue weighted by Crippen LogP contribution is -2.30. The van der Waals surface area contributed by atoms with E-state index in [2.05, 4.69) is 106 Å². The first-order valence-corrected chi connectivity index (χ1v) is 32.7. The number of allylic oxidation sites excluding steroid dienone is 15. The summed E-state index contributed by atoms with van der Waals surface area (Å²) in [7, 11) is 0. The molecule has 0 heterocycles. The molecule has 442 valence electrons. The molecule has 0 aromatic rings. The van der Waals surface area contributed by atoms with Crippen molar-refractivity contribution < 1.29 is 28.6 Å². The fourth-order valence-electron chi connectivity index (χ4n) is 9.23. The molecule has 0 saturated heterocycles. The minimum Gasteiger partial charge on any atom is -0.462 e. The van der Waals surface area contributed by atoms with Crippen LogP contribution in [0.1, 0.15) is 316 Å². The van der Waals surface area contributed by atoms with Gasteiger partial charge in [-0.1, -0.05) is 311 Å². The standard InChI is InChI=1S/C71H122O6/c1-4-7-10-13-16-19-22-25-27-28-29-30-31-32-33-34-35-36-37-38-39-40-41-42-44-46-49-52-55-58-61-64-70(73)76-67-68(66-75-69(72)63-60-57-54-51-48-45-24-21-18-15-12-9-6-3)77-71(74)65-62-59-56-53-50-47-43-26-23-20-17-14-11-8-5-2/h8,11,17,20,22,25-26,28-29,31-32,43,50,53,59,62,68H,4-7,9-10,12-16,18-19,21,23-24,27,30,33-42,44-49,51-52,54-58,60-61,63-67H2,1-3H3/b11-8-,20-17-,25-22-,29-28-,32-31-,43-26-,53-50-,62-59-. The second kappa shape index (κ2) is 64.9. The molecule has 0 aromatic carbocycles. The summed E-state index contributed by atoms with van der Waals surface area (Å²) in [6.45, 7) is 6.45. The fraction of sp³-hybridized carbons (Fsp3) is 0.732. The number of ether oxygens (including phenoxy) is 3. The van der Waals surface area contributed by atoms with Gasteiger partial charge >= 0.3 is 17.9 Å². The largest absolute Gasteiger partial charge is 0.462 e. The lowest BCUT2D eigenvalue weighted by Gasteiger charge is -2.18. The molecule has 0 aliphatic rings. The van der Waals surface area contributed by atoms with E-state index in [1.54, 1.807) is 6.08 Å². The van der Waals surface area contributed by atoms with Crippen LogP contribution in [0.5, 0.6) is 0 Å². The van der Waals surface area contributed by atoms with Crippen molar-refractivity contribution in [2.45, 2.75) is 322 Å². The Balaban J connectivity index is 4.24. The van der Waals surface area contributed by atoms with Crippen molar-refractivity contribution in [1.82, 2.24) is 0 Å². The van der Waals surface area contributed by atoms with Crippen molar-refractivity contribution in [3.63, 3.8) is 0 Å². The van der Waals surface area contributed by atoms with E-state index in [1.165, 1.54) is 193 Å². The maximum atomic E-state index is 12.8. The molecule has 0 saturated carbocycles. The molecule has 1 atom stereocenters. The fourth-order valence-corrected chi connectivity index (χ4v) is 9.23. The quantitative estimate of drug-likeness (QED) is 0.0261. The van der Waals surface area contributed by atoms with E-state index in [0.29, 0.717) is 12.8 Å². The Bertz CT molecular complexity index is 1510. The molecule has 0 fully saturated rings. The summed E-state index contributed by atoms with van der Waals surface area (Å²) in [5.74, 6) is -1.03. The van der Waals surface area contributed by atoms with Crippen LogP contribution in [0.4, 0.5) is 0 Å². The molecule has 1 unspecified atom stereocenters. The molecule has 0 radical (unpaired) electrons. The van der Waals surface area contributed by atoms with Gasteiger partial charge < -0.3 is 14.2 Å². The van der Waals surface area contributed by atoms with E-state index in [9.17, 15) is 14.4 Å². The van der Waals surface area contributed by atoms with Crippen LogP contribution in [-0.2, 0) is 28.6 Å². The van der Waals surface area contributed by atoms with Gasteiger partial charge in [-0.05, 0) is 83.5 Å². The van der Waals surface area contributed by atoms with E-state index >= 15 is 0 Å². The number of unbranched alkanes of at least 4 members (excludes halogenated alkanes) is 33. The molecule has 0 amide bonds. The van der Waals surface area contributed by atoms with Crippen molar-refractivity contribution in [2.24, 2.45) is 0 Å². The molecule has 6 heteroatoms. The van der Waals surface area contributed by atoms with Gasteiger partial charge in [0.05, 0.1) is 6.42 Å². The summed E-state index contributed by atoms with van der Waals surface area (Å²) < 4.78 is 16.8. The third-order valence-electron chi connectivity index (χ3n) is 14.1. The molecule has 0 rings (SSSR count). The molecular weight excluding hydrogens is 949 g/mol. The Morgan fingerprint density at radius 2 is 0.545 bits per heavy atom. The van der Waals surface area contributed by atoms with Crippen molar-refractivity contribution in [1.29, 1.82) is 0 Å². The van der Waals surface area contributed by atoms with Gasteiger partial charge in [0, 0.05) is 12.8 Å². The predicted octanol–water partition coefficient (Wildman–Crippen LogP) is 22.4. The molecule has 0 bridgehead atoms. The molecule has 0 aliphatic heterocycles. The summed E-state index contributed by atoms with van der Waals surface area (Å²) in [5.41, 5.74) is 0. The first kappa shape index (κ1) is 73.3. The van der Waals surface area contributed by atoms with Crippen molar-refractivity contribution in [3.05, 3.63) is 97.2 Å². The zero-order valence-electron chi connectivity index (χ0n) is 50.7. The highest BCUT2D eigenvalue weighted by Crippen LogP contribution is 2.17. The molecule has 0 N–H and O–H groups in total. The Morgan fingerprint density at radius 1 is 0.286 bits per heavy atom. The lowest BCUT2D eigenvalue weighted by atomic mass is 10.0. The molecular formula is C71H122O6. The minimum absolute atomic E-state index is 0.0982. The predicted molar refractivity (Wildman–Crippen MR) is 334 cm³/mol. The molecule has 6 nitrogen and oxygen atoms in total. The molecule has 0 aromatic heterocycles. The summed E-state index contributed by atoms with van der Waals surface area (Å²) in [4.78, 5) is 38.2. The highest BCUT2D eigenvalue weighted by atomic mass is 16.6. The third kappa shape index (κ3) is 63.0. The average Bonchev–Trinajstić information content (AvgIpc) is 3.43. The van der Waals surface area contributed by atoms with Crippen molar-refractivity contribution in [3.8, 4) is 0 Å². The highest BCUT2D eigenvalue weighted by Gasteiger charge is 2.19. The average molecular weight is 1070 g/mol. The van der Waals surface area contributed by atoms with Gasteiger partial charge in [-0.25, -0.2) is 0 Å². The van der Waals surface area contributed by atoms with Gasteiger partial charge in [0.25, 0.3) is 0 Å². The maximum absolute atomic E-state index is 12.8. The first-order valence-electron chi connectivity index (χ1n) is 32.7. The number of esters is 3. The van der Waals surface area contributed by atoms with Crippen molar-refractivity contribution >= 4 is 17.9 Å². The van der Waals surface area contributed by atoms with Crippen LogP contribution in [0.25, 0.3) is 0 Å². The second-order valence-electron chi connectivity index (χ2n) is 21.7. The van der Waals surface area contributed by atoms with E-state index in [0.717, 1.165) is 83.5 Å². The number of hydrogen-bond acceptors (Lipinski definition) is 6. The van der Waals surface area contributed by atoms with Gasteiger partial charge in [0.1, 0.15) is 13.2 Å². The molecule has 0 aliphatic carbocycles. The van der Waals surface area contributed by atoms with Crippen LogP contribution in [0, 0.1) is 0 Å². The Morgan fingerprint density at radius 3 is 0.857 bits per heavy atom. The SMILES string of the molecule is CC/C=C\C/C=C\C/C=C\C/C=C\C/C=C\CC(=O)OC(COC(=O)CCCCCCCCCCCCCCC)COC(=O)CCCCCCCCCCCCCCCCCC/C=C\C/C=C\C/C=C\CCCCCCC. The van der Waals surface area contributed by atoms with Crippen LogP contribution in [0.15, 0.2) is 97.2 Å². The number of carbonyl (C=O) groups excluding carboxylic acids is 3. The number of hydrogen-bond donors (Lipinski definition) is 0. The minimum atomic E-state index is -0.830. The highest BCUT2D eigenvalue weighted by molar-refractivity contribution is 5.72. The maximum Gasteiger partial charge on any atom is 0.310 e. The number of rotatable bonds is 59. The van der Waals surface area contributed by atoms with Gasteiger partial charge in [-0.15, -0.1) is 0 Å². The van der Waals surface area contributed by atoms with Crippen LogP contribution < -0.4 is 0 Å². The zero-order chi connectivity index (χ0) is 55.7. The summed E-state index contributed by atoms with van der Waals surface area (Å²) >= 11 is 0. The zero-order valence-corrected chi connectivity index (χ0v) is 50.7. The Labute approximate surface area is 477 Å². The Hall–Kier alpha value is -3.67. The van der Waals surface area contributed by atoms with Gasteiger partial charge in [-0.3, -0.25) is 14.4 Å². The molecule has 77 heavy (non-hydrogen) atoms. The molecule has 0 spiro atoms. The van der Waals surface area contributed by atoms with Gasteiger partial charge in [-0.2, -0.15) is 0 Å². The first-order chi connectivity index (χ1) is 38.0. The van der Waals surface area contributed by atoms with Crippen LogP contribution in [-0.4, -0.2) is 37.2 Å². The third-order valence-corrected chi connectivity index (χ3v) is 14.1. The van der Waals surface area contributed by atoms with Crippen LogP contribution in [0.3, 0.4) is 0 Å². The van der Waals surface area contributed by atoms with Crippen LogP contribution in [0.2, 0.25) is 0 Å². The lowest BCUT2D eigenvalue weighted by molar-refractivity contribution is -0.166. The number of carbonyl (C=O) groups is 3. The van der Waals surface area contributed by atoms with Crippen LogP contribution >= 0.6 is 0 Å². The van der Waals surface area contributed by atoms with Gasteiger partial charge in [0.15, 0.2) is 6.10 Å². The monoisotopic (exact) mass is 1070 g/mol. The van der Waals surface area contributed by atoms with E-state index < -0.39 is 12.1 Å². The van der Waals surface area contributed by atoms with Gasteiger partial charge in [0.2, 0.25) is 0 Å². The normalized spacial score (nSPS) is 12.7. The van der Waals surface area contributed by atoms with E-state index in [-0.39, 0.29) is 31.6 Å². The summed E-state index contributed by atoms with van der Waals surface area (Å²) in [6, 6.07) is 0. The van der Waals surface area contributed by atoms with E-state index in [4.69, 9.17) is 14.2 Å².